The highest BCUT2D eigenvalue weighted by Gasteiger charge is 2.21. The Kier molecular flexibility index (Phi) is 4.12. The van der Waals surface area contributed by atoms with Crippen molar-refractivity contribution in [3.63, 3.8) is 0 Å². The Bertz CT molecular complexity index is 840. The van der Waals surface area contributed by atoms with Crippen LogP contribution in [0.5, 0.6) is 0 Å². The van der Waals surface area contributed by atoms with E-state index in [1.165, 1.54) is 24.9 Å². The van der Waals surface area contributed by atoms with Crippen molar-refractivity contribution in [2.45, 2.75) is 30.6 Å². The molecule has 0 atom stereocenters. The van der Waals surface area contributed by atoms with Gasteiger partial charge in [0.2, 0.25) is 0 Å². The SMILES string of the molecule is COC(=O)c1cc(S(=O)(=O)Nc2cccc3c2CCCC3)c[nH]1. The number of esters is 1. The molecule has 0 saturated carbocycles. The first-order chi connectivity index (χ1) is 11.0. The van der Waals surface area contributed by atoms with Gasteiger partial charge < -0.3 is 9.72 Å². The number of H-pyrrole nitrogens is 1. The lowest BCUT2D eigenvalue weighted by Gasteiger charge is -2.19. The number of fused-ring (bicyclic) bond motifs is 1. The van der Waals surface area contributed by atoms with Gasteiger partial charge in [0.1, 0.15) is 10.6 Å². The molecular weight excluding hydrogens is 316 g/mol. The summed E-state index contributed by atoms with van der Waals surface area (Å²) in [5.74, 6) is -0.608. The molecule has 3 rings (SSSR count). The lowest BCUT2D eigenvalue weighted by Crippen LogP contribution is -2.15. The van der Waals surface area contributed by atoms with Crippen molar-refractivity contribution >= 4 is 21.7 Å². The minimum atomic E-state index is -3.76. The number of aromatic amines is 1. The molecule has 1 aliphatic carbocycles. The molecule has 0 radical (unpaired) electrons. The molecule has 1 aromatic carbocycles. The molecule has 122 valence electrons. The van der Waals surface area contributed by atoms with E-state index in [-0.39, 0.29) is 10.6 Å². The van der Waals surface area contributed by atoms with E-state index in [4.69, 9.17) is 0 Å². The van der Waals surface area contributed by atoms with Crippen molar-refractivity contribution in [1.82, 2.24) is 4.98 Å². The molecule has 0 saturated heterocycles. The van der Waals surface area contributed by atoms with E-state index in [2.05, 4.69) is 14.4 Å². The quantitative estimate of drug-likeness (QED) is 0.841. The van der Waals surface area contributed by atoms with E-state index in [1.54, 1.807) is 6.07 Å². The van der Waals surface area contributed by atoms with E-state index >= 15 is 0 Å². The molecule has 0 spiro atoms. The van der Waals surface area contributed by atoms with Crippen molar-refractivity contribution in [3.8, 4) is 0 Å². The van der Waals surface area contributed by atoms with Gasteiger partial charge in [-0.2, -0.15) is 0 Å². The number of anilines is 1. The topological polar surface area (TPSA) is 88.3 Å². The number of methoxy groups -OCH3 is 1. The number of benzene rings is 1. The number of sulfonamides is 1. The van der Waals surface area contributed by atoms with Crippen molar-refractivity contribution in [3.05, 3.63) is 47.3 Å². The summed E-state index contributed by atoms with van der Waals surface area (Å²) in [7, 11) is -2.51. The lowest BCUT2D eigenvalue weighted by molar-refractivity contribution is 0.0595. The number of rotatable bonds is 4. The maximum atomic E-state index is 12.5. The highest BCUT2D eigenvalue weighted by Crippen LogP contribution is 2.29. The summed E-state index contributed by atoms with van der Waals surface area (Å²) in [5, 5.41) is 0. The second-order valence-corrected chi connectivity index (χ2v) is 7.18. The van der Waals surface area contributed by atoms with Crippen LogP contribution in [-0.4, -0.2) is 26.5 Å². The highest BCUT2D eigenvalue weighted by molar-refractivity contribution is 7.92. The van der Waals surface area contributed by atoms with Gasteiger partial charge in [-0.15, -0.1) is 0 Å². The first-order valence-corrected chi connectivity index (χ1v) is 8.90. The molecule has 1 aliphatic rings. The van der Waals surface area contributed by atoms with E-state index < -0.39 is 16.0 Å². The number of hydrogen-bond donors (Lipinski definition) is 2. The van der Waals surface area contributed by atoms with Crippen molar-refractivity contribution < 1.29 is 17.9 Å². The summed E-state index contributed by atoms with van der Waals surface area (Å²) in [6, 6.07) is 6.94. The molecular formula is C16H18N2O4S. The zero-order valence-electron chi connectivity index (χ0n) is 12.8. The van der Waals surface area contributed by atoms with Gasteiger partial charge >= 0.3 is 5.97 Å². The normalized spacial score (nSPS) is 14.1. The Morgan fingerprint density at radius 2 is 2.04 bits per heavy atom. The van der Waals surface area contributed by atoms with Crippen molar-refractivity contribution in [2.75, 3.05) is 11.8 Å². The number of carbonyl (C=O) groups excluding carboxylic acids is 1. The number of hydrogen-bond acceptors (Lipinski definition) is 4. The molecule has 0 bridgehead atoms. The van der Waals surface area contributed by atoms with Gasteiger partial charge in [0.05, 0.1) is 12.8 Å². The van der Waals surface area contributed by atoms with Crippen LogP contribution in [0.25, 0.3) is 0 Å². The largest absolute Gasteiger partial charge is 0.464 e. The fourth-order valence-electron chi connectivity index (χ4n) is 2.84. The van der Waals surface area contributed by atoms with Crippen LogP contribution in [0, 0.1) is 0 Å². The summed E-state index contributed by atoms with van der Waals surface area (Å²) >= 11 is 0. The monoisotopic (exact) mass is 334 g/mol. The fraction of sp³-hybridized carbons (Fsp3) is 0.312. The van der Waals surface area contributed by atoms with Crippen LogP contribution >= 0.6 is 0 Å². The second kappa shape index (κ2) is 6.08. The molecule has 2 N–H and O–H groups in total. The van der Waals surface area contributed by atoms with E-state index in [1.807, 2.05) is 12.1 Å². The van der Waals surface area contributed by atoms with Crippen LogP contribution in [0.15, 0.2) is 35.4 Å². The lowest BCUT2D eigenvalue weighted by atomic mass is 9.91. The Balaban J connectivity index is 1.90. The Labute approximate surface area is 134 Å². The van der Waals surface area contributed by atoms with Gasteiger partial charge in [0, 0.05) is 6.20 Å². The third-order valence-electron chi connectivity index (χ3n) is 4.01. The van der Waals surface area contributed by atoms with E-state index in [0.717, 1.165) is 31.2 Å². The third kappa shape index (κ3) is 3.10. The van der Waals surface area contributed by atoms with Gasteiger partial charge in [-0.3, -0.25) is 4.72 Å². The molecule has 0 amide bonds. The summed E-state index contributed by atoms with van der Waals surface area (Å²) in [6.07, 6.45) is 5.31. The van der Waals surface area contributed by atoms with Gasteiger partial charge in [0.15, 0.2) is 0 Å². The minimum Gasteiger partial charge on any atom is -0.464 e. The maximum absolute atomic E-state index is 12.5. The highest BCUT2D eigenvalue weighted by atomic mass is 32.2. The van der Waals surface area contributed by atoms with E-state index in [9.17, 15) is 13.2 Å². The van der Waals surface area contributed by atoms with Crippen LogP contribution in [0.4, 0.5) is 5.69 Å². The molecule has 1 aromatic heterocycles. The maximum Gasteiger partial charge on any atom is 0.354 e. The summed E-state index contributed by atoms with van der Waals surface area (Å²) in [5.41, 5.74) is 2.97. The number of aryl methyl sites for hydroxylation is 1. The van der Waals surface area contributed by atoms with Gasteiger partial charge in [-0.25, -0.2) is 13.2 Å². The zero-order valence-corrected chi connectivity index (χ0v) is 13.6. The summed E-state index contributed by atoms with van der Waals surface area (Å²) in [4.78, 5) is 14.1. The Morgan fingerprint density at radius 1 is 1.26 bits per heavy atom. The first kappa shape index (κ1) is 15.6. The van der Waals surface area contributed by atoms with Crippen LogP contribution < -0.4 is 4.72 Å². The number of nitrogens with one attached hydrogen (secondary N) is 2. The van der Waals surface area contributed by atoms with Gasteiger partial charge in [-0.05, 0) is 48.9 Å². The van der Waals surface area contributed by atoms with Crippen LogP contribution in [0.1, 0.15) is 34.5 Å². The third-order valence-corrected chi connectivity index (χ3v) is 5.36. The average Bonchev–Trinajstić information content (AvgIpc) is 3.05. The number of carbonyl (C=O) groups is 1. The minimum absolute atomic E-state index is 0.00584. The molecule has 0 aliphatic heterocycles. The van der Waals surface area contributed by atoms with Crippen LogP contribution in [-0.2, 0) is 27.6 Å². The molecule has 23 heavy (non-hydrogen) atoms. The second-order valence-electron chi connectivity index (χ2n) is 5.50. The number of aromatic nitrogens is 1. The fourth-order valence-corrected chi connectivity index (χ4v) is 3.92. The smallest absolute Gasteiger partial charge is 0.354 e. The zero-order chi connectivity index (χ0) is 16.4. The predicted octanol–water partition coefficient (Wildman–Crippen LogP) is 2.48. The molecule has 7 heteroatoms. The van der Waals surface area contributed by atoms with Crippen LogP contribution in [0.2, 0.25) is 0 Å². The molecule has 6 nitrogen and oxygen atoms in total. The standard InChI is InChI=1S/C16H18N2O4S/c1-22-16(19)15-9-12(10-17-15)23(20,21)18-14-8-4-6-11-5-2-3-7-13(11)14/h4,6,8-10,17-18H,2-3,5,7H2,1H3. The Morgan fingerprint density at radius 3 is 2.83 bits per heavy atom. The first-order valence-electron chi connectivity index (χ1n) is 7.41. The van der Waals surface area contributed by atoms with Gasteiger partial charge in [0.25, 0.3) is 10.0 Å². The summed E-state index contributed by atoms with van der Waals surface area (Å²) in [6.45, 7) is 0. The van der Waals surface area contributed by atoms with Gasteiger partial charge in [-0.1, -0.05) is 12.1 Å². The molecule has 2 aromatic rings. The van der Waals surface area contributed by atoms with Crippen molar-refractivity contribution in [2.24, 2.45) is 0 Å². The van der Waals surface area contributed by atoms with Crippen molar-refractivity contribution in [1.29, 1.82) is 0 Å². The number of ether oxygens (including phenoxy) is 1. The Hall–Kier alpha value is -2.28. The average molecular weight is 334 g/mol. The van der Waals surface area contributed by atoms with E-state index in [0.29, 0.717) is 5.69 Å². The predicted molar refractivity (Wildman–Crippen MR) is 86.0 cm³/mol. The summed E-state index contributed by atoms with van der Waals surface area (Å²) < 4.78 is 32.3. The molecule has 0 unspecified atom stereocenters. The molecule has 0 fully saturated rings. The molecule has 1 heterocycles. The van der Waals surface area contributed by atoms with Crippen LogP contribution in [0.3, 0.4) is 0 Å².